The molecule has 0 saturated heterocycles. The zero-order valence-corrected chi connectivity index (χ0v) is 3.95. The van der Waals surface area contributed by atoms with E-state index in [1.807, 2.05) is 0 Å². The molecule has 0 saturated carbocycles. The Kier molecular flexibility index (Phi) is 2.87. The van der Waals surface area contributed by atoms with Crippen LogP contribution >= 0.6 is 0 Å². The molecular formula is CGeNO. The van der Waals surface area contributed by atoms with Crippen molar-refractivity contribution in [1.82, 2.24) is 0 Å². The van der Waals surface area contributed by atoms with Crippen LogP contribution in [0.5, 0.6) is 0 Å². The summed E-state index contributed by atoms with van der Waals surface area (Å²) in [6, 6.07) is 0. The van der Waals surface area contributed by atoms with Crippen molar-refractivity contribution >= 4 is 22.8 Å². The number of rotatable bonds is 0. The van der Waals surface area contributed by atoms with E-state index in [0.29, 0.717) is 0 Å². The first kappa shape index (κ1) is 3.92. The Labute approximate surface area is 32.4 Å². The quantitative estimate of drug-likeness (QED) is 0.235. The summed E-state index contributed by atoms with van der Waals surface area (Å²) in [6.45, 7) is 0. The van der Waals surface area contributed by atoms with Crippen LogP contribution in [0, 0.1) is 0 Å². The van der Waals surface area contributed by atoms with Gasteiger partial charge >= 0.3 is 31.6 Å². The van der Waals surface area contributed by atoms with E-state index in [-0.39, 0.29) is 0 Å². The van der Waals surface area contributed by atoms with Crippen LogP contribution in [0.1, 0.15) is 0 Å². The van der Waals surface area contributed by atoms with E-state index in [1.54, 1.807) is 0 Å². The molecule has 0 aromatic rings. The van der Waals surface area contributed by atoms with E-state index < -0.39 is 0 Å². The molecule has 0 aliphatic rings. The number of hydrogen-bond donors (Lipinski definition) is 0. The Hall–Kier alpha value is -0.0771. The summed E-state index contributed by atoms with van der Waals surface area (Å²) in [4.78, 5) is 8.88. The van der Waals surface area contributed by atoms with Gasteiger partial charge in [0, 0.05) is 0 Å². The Morgan fingerprint density at radius 2 is 2.25 bits per heavy atom. The van der Waals surface area contributed by atoms with E-state index in [4.69, 9.17) is 4.79 Å². The summed E-state index contributed by atoms with van der Waals surface area (Å²) in [5.74, 6) is 0. The molecule has 0 bridgehead atoms. The third-order valence-electron chi connectivity index (χ3n) is 0.0456. The third kappa shape index (κ3) is 1.92. The Balaban J connectivity index is 3.11. The molecule has 2 nitrogen and oxygen atoms in total. The van der Waals surface area contributed by atoms with Crippen molar-refractivity contribution in [2.24, 2.45) is 3.95 Å². The molecule has 0 aromatic heterocycles. The molecule has 0 aromatic carbocycles. The van der Waals surface area contributed by atoms with Gasteiger partial charge in [0.15, 0.2) is 0 Å². The van der Waals surface area contributed by atoms with Gasteiger partial charge in [0.1, 0.15) is 0 Å². The van der Waals surface area contributed by atoms with E-state index in [0.717, 1.165) is 0 Å². The predicted octanol–water partition coefficient (Wildman–Crippen LogP) is -0.594. The fourth-order valence-corrected chi connectivity index (χ4v) is 0. The molecule has 4 heavy (non-hydrogen) atoms. The Bertz CT molecular complexity index is 46.0. The minimum atomic E-state index is 1.31. The molecule has 3 heteroatoms. The number of isocyanates is 1. The zero-order valence-electron chi connectivity index (χ0n) is 1.86. The van der Waals surface area contributed by atoms with Crippen LogP contribution in [0.4, 0.5) is 0 Å². The van der Waals surface area contributed by atoms with E-state index in [2.05, 4.69) is 3.95 Å². The predicted molar refractivity (Wildman–Crippen MR) is 13.9 cm³/mol. The van der Waals surface area contributed by atoms with Gasteiger partial charge in [-0.25, -0.2) is 0 Å². The minimum absolute atomic E-state index is 1.31. The summed E-state index contributed by atoms with van der Waals surface area (Å²) in [7, 11) is 0. The van der Waals surface area contributed by atoms with Crippen LogP contribution < -0.4 is 0 Å². The molecule has 19 valence electrons. The van der Waals surface area contributed by atoms with Gasteiger partial charge in [-0.1, -0.05) is 0 Å². The van der Waals surface area contributed by atoms with Gasteiger partial charge in [0.05, 0.1) is 0 Å². The average Bonchev–Trinajstić information content (AvgIpc) is 1.37. The van der Waals surface area contributed by atoms with Crippen molar-refractivity contribution in [2.75, 3.05) is 0 Å². The molecule has 0 aliphatic carbocycles. The van der Waals surface area contributed by atoms with Gasteiger partial charge in [-0.2, -0.15) is 0 Å². The third-order valence-corrected chi connectivity index (χ3v) is 0.237. The van der Waals surface area contributed by atoms with E-state index >= 15 is 0 Å². The van der Waals surface area contributed by atoms with Crippen LogP contribution in [0.25, 0.3) is 0 Å². The van der Waals surface area contributed by atoms with Crippen molar-refractivity contribution in [3.05, 3.63) is 0 Å². The molecule has 0 heterocycles. The van der Waals surface area contributed by atoms with Crippen LogP contribution in [-0.2, 0) is 4.79 Å². The molecule has 3 radical (unpaired) electrons. The van der Waals surface area contributed by atoms with E-state index in [9.17, 15) is 0 Å². The second kappa shape index (κ2) is 2.92. The van der Waals surface area contributed by atoms with Gasteiger partial charge < -0.3 is 0 Å². The normalized spacial score (nSPS) is 4.25. The van der Waals surface area contributed by atoms with Crippen LogP contribution in [0.3, 0.4) is 0 Å². The maximum absolute atomic E-state index is 8.88. The SMILES string of the molecule is O=C=[N][Ge]. The Morgan fingerprint density at radius 1 is 2.00 bits per heavy atom. The number of nitrogens with zero attached hydrogens (tertiary/aromatic N) is 1. The van der Waals surface area contributed by atoms with Gasteiger partial charge in [-0.3, -0.25) is 0 Å². The second-order valence-corrected chi connectivity index (χ2v) is 0.672. The molecule has 0 unspecified atom stereocenters. The number of carbonyl (C=O) groups excluding carboxylic acids is 1. The summed E-state index contributed by atoms with van der Waals surface area (Å²) >= 11 is 1.38. The van der Waals surface area contributed by atoms with Crippen molar-refractivity contribution in [2.45, 2.75) is 0 Å². The molecule has 0 atom stereocenters. The Morgan fingerprint density at radius 3 is 2.25 bits per heavy atom. The van der Waals surface area contributed by atoms with Gasteiger partial charge in [0.25, 0.3) is 0 Å². The van der Waals surface area contributed by atoms with Crippen molar-refractivity contribution in [1.29, 1.82) is 0 Å². The standard InChI is InChI=1S/CGeNO/c2-3-1-4. The molecular weight excluding hydrogens is 115 g/mol. The fraction of sp³-hybridized carbons (Fsp3) is 0. The molecule has 0 N–H and O–H groups in total. The topological polar surface area (TPSA) is 29.4 Å². The molecule has 0 aliphatic heterocycles. The maximum atomic E-state index is 8.88. The molecule has 0 fully saturated rings. The van der Waals surface area contributed by atoms with Gasteiger partial charge in [0.2, 0.25) is 0 Å². The summed E-state index contributed by atoms with van der Waals surface area (Å²) in [6.07, 6.45) is 1.31. The van der Waals surface area contributed by atoms with Crippen molar-refractivity contribution in [3.8, 4) is 0 Å². The molecule has 0 spiro atoms. The second-order valence-electron chi connectivity index (χ2n) is 0.203. The first-order valence-electron chi connectivity index (χ1n) is 0.651. The number of hydrogen-bond acceptors (Lipinski definition) is 2. The zero-order chi connectivity index (χ0) is 3.41. The van der Waals surface area contributed by atoms with Gasteiger partial charge in [-0.15, -0.1) is 0 Å². The summed E-state index contributed by atoms with van der Waals surface area (Å²) in [5.41, 5.74) is 0. The summed E-state index contributed by atoms with van der Waals surface area (Å²) in [5, 5.41) is 0. The molecule has 0 amide bonds. The van der Waals surface area contributed by atoms with Crippen molar-refractivity contribution < 1.29 is 4.79 Å². The fourth-order valence-electron chi connectivity index (χ4n) is 0. The van der Waals surface area contributed by atoms with Crippen LogP contribution in [0.2, 0.25) is 0 Å². The van der Waals surface area contributed by atoms with Gasteiger partial charge in [-0.05, 0) is 0 Å². The van der Waals surface area contributed by atoms with Crippen LogP contribution in [0.15, 0.2) is 3.95 Å². The average molecular weight is 115 g/mol. The first-order valence-corrected chi connectivity index (χ1v) is 1.59. The summed E-state index contributed by atoms with van der Waals surface area (Å²) < 4.78 is 2.93. The van der Waals surface area contributed by atoms with E-state index in [1.165, 1.54) is 22.8 Å². The first-order chi connectivity index (χ1) is 1.91. The van der Waals surface area contributed by atoms with Crippen molar-refractivity contribution in [3.63, 3.8) is 0 Å². The van der Waals surface area contributed by atoms with Crippen LogP contribution in [-0.4, -0.2) is 22.8 Å². The molecule has 0 rings (SSSR count). The monoisotopic (exact) mass is 116 g/mol.